The largest absolute Gasteiger partial charge is 0.496 e. The van der Waals surface area contributed by atoms with Gasteiger partial charge in [-0.2, -0.15) is 0 Å². The molecule has 1 amide bonds. The summed E-state index contributed by atoms with van der Waals surface area (Å²) in [6.45, 7) is 2.05. The summed E-state index contributed by atoms with van der Waals surface area (Å²) < 4.78 is 46.9. The molecule has 2 aromatic carbocycles. The van der Waals surface area contributed by atoms with E-state index < -0.39 is 23.1 Å². The summed E-state index contributed by atoms with van der Waals surface area (Å²) in [4.78, 5) is 36.5. The number of ether oxygens (including phenoxy) is 3. The molecule has 6 aromatic rings. The van der Waals surface area contributed by atoms with Crippen LogP contribution < -0.4 is 25.7 Å². The van der Waals surface area contributed by atoms with E-state index in [0.29, 0.717) is 34.8 Å². The van der Waals surface area contributed by atoms with Crippen LogP contribution in [0.1, 0.15) is 15.9 Å². The molecule has 14 heteroatoms. The average Bonchev–Trinajstić information content (AvgIpc) is 3.54. The van der Waals surface area contributed by atoms with E-state index in [1.165, 1.54) is 71.7 Å². The third kappa shape index (κ3) is 7.92. The van der Waals surface area contributed by atoms with E-state index in [-0.39, 0.29) is 35.2 Å². The second-order valence-electron chi connectivity index (χ2n) is 10.5. The molecule has 0 radical (unpaired) electrons. The van der Waals surface area contributed by atoms with Gasteiger partial charge in [0.1, 0.15) is 22.9 Å². The Bertz CT molecular complexity index is 2140. The SMILES string of the molecule is COCCNCc1ccc(-c2cc3nccc(Oc4ccc(NC(=O)c5c(OC)ccn(-c6ccc(F)cc6)c5=O)cc4F)c3s2)nc1.Cl. The second kappa shape index (κ2) is 15.8. The fourth-order valence-corrected chi connectivity index (χ4v) is 5.92. The predicted octanol–water partition coefficient (Wildman–Crippen LogP) is 7.00. The highest BCUT2D eigenvalue weighted by Gasteiger charge is 2.21. The maximum Gasteiger partial charge on any atom is 0.271 e. The summed E-state index contributed by atoms with van der Waals surface area (Å²) >= 11 is 1.42. The molecule has 0 fully saturated rings. The van der Waals surface area contributed by atoms with Crippen molar-refractivity contribution in [3.05, 3.63) is 125 Å². The molecule has 252 valence electrons. The molecule has 0 bridgehead atoms. The number of anilines is 1. The zero-order valence-electron chi connectivity index (χ0n) is 26.2. The van der Waals surface area contributed by atoms with Gasteiger partial charge in [0.15, 0.2) is 11.6 Å². The standard InChI is InChI=1S/C35H29F2N5O5S.ClH/c1-45-16-14-38-19-21-3-9-26(40-20-21)31-18-27-33(48-31)30(11-13-39-27)47-28-10-6-23(17-25(28)37)41-34(43)32-29(46-2)12-15-42(35(32)44)24-7-4-22(36)5-8-24;/h3-13,15,17-18,20,38H,14,16,19H2,1-2H3,(H,41,43);1H. The molecule has 0 aliphatic rings. The van der Waals surface area contributed by atoms with Gasteiger partial charge >= 0.3 is 0 Å². The normalized spacial score (nSPS) is 10.9. The van der Waals surface area contributed by atoms with Crippen LogP contribution in [0.25, 0.3) is 26.5 Å². The molecule has 6 rings (SSSR count). The Morgan fingerprint density at radius 1 is 0.939 bits per heavy atom. The quantitative estimate of drug-likeness (QED) is 0.131. The van der Waals surface area contributed by atoms with E-state index >= 15 is 4.39 Å². The number of nitrogens with one attached hydrogen (secondary N) is 2. The average molecular weight is 706 g/mol. The van der Waals surface area contributed by atoms with Gasteiger partial charge < -0.3 is 24.8 Å². The fourth-order valence-electron chi connectivity index (χ4n) is 4.88. The number of carbonyl (C=O) groups excluding carboxylic acids is 1. The van der Waals surface area contributed by atoms with E-state index in [2.05, 4.69) is 20.6 Å². The van der Waals surface area contributed by atoms with E-state index in [0.717, 1.165) is 28.7 Å². The molecule has 2 N–H and O–H groups in total. The number of fused-ring (bicyclic) bond motifs is 1. The summed E-state index contributed by atoms with van der Waals surface area (Å²) in [5, 5.41) is 5.84. The number of pyridine rings is 3. The maximum absolute atomic E-state index is 15.3. The number of nitrogens with zero attached hydrogens (tertiary/aromatic N) is 3. The Morgan fingerprint density at radius 2 is 1.76 bits per heavy atom. The lowest BCUT2D eigenvalue weighted by Crippen LogP contribution is -2.29. The number of carbonyl (C=O) groups is 1. The number of hydrogen-bond acceptors (Lipinski definition) is 9. The summed E-state index contributed by atoms with van der Waals surface area (Å²) in [5.41, 5.74) is 1.92. The number of aromatic nitrogens is 3. The maximum atomic E-state index is 15.3. The number of methoxy groups -OCH3 is 2. The minimum atomic E-state index is -0.813. The third-order valence-corrected chi connectivity index (χ3v) is 8.44. The third-order valence-electron chi connectivity index (χ3n) is 7.28. The van der Waals surface area contributed by atoms with Crippen molar-refractivity contribution in [3.8, 4) is 33.5 Å². The molecular formula is C35H30ClF2N5O5S. The number of thiophene rings is 1. The van der Waals surface area contributed by atoms with Crippen LogP contribution in [-0.4, -0.2) is 47.8 Å². The molecular weight excluding hydrogens is 676 g/mol. The smallest absolute Gasteiger partial charge is 0.271 e. The van der Waals surface area contributed by atoms with Crippen molar-refractivity contribution in [3.63, 3.8) is 0 Å². The number of amides is 1. The first-order valence-electron chi connectivity index (χ1n) is 14.7. The van der Waals surface area contributed by atoms with Crippen LogP contribution in [0.3, 0.4) is 0 Å². The highest BCUT2D eigenvalue weighted by atomic mass is 35.5. The summed E-state index contributed by atoms with van der Waals surface area (Å²) in [6.07, 6.45) is 4.81. The molecule has 4 heterocycles. The number of rotatable bonds is 12. The minimum Gasteiger partial charge on any atom is -0.496 e. The van der Waals surface area contributed by atoms with Crippen LogP contribution in [0, 0.1) is 11.6 Å². The zero-order valence-corrected chi connectivity index (χ0v) is 27.9. The molecule has 0 atom stereocenters. The van der Waals surface area contributed by atoms with Crippen molar-refractivity contribution in [1.29, 1.82) is 0 Å². The molecule has 0 spiro atoms. The molecule has 0 saturated carbocycles. The van der Waals surface area contributed by atoms with Crippen LogP contribution in [0.15, 0.2) is 96.2 Å². The predicted molar refractivity (Wildman–Crippen MR) is 187 cm³/mol. The van der Waals surface area contributed by atoms with Crippen molar-refractivity contribution in [2.45, 2.75) is 6.54 Å². The molecule has 0 aliphatic heterocycles. The Kier molecular flexibility index (Phi) is 11.3. The molecule has 0 saturated heterocycles. The lowest BCUT2D eigenvalue weighted by molar-refractivity contribution is 0.102. The van der Waals surface area contributed by atoms with Crippen LogP contribution in [0.2, 0.25) is 0 Å². The lowest BCUT2D eigenvalue weighted by Gasteiger charge is -2.13. The van der Waals surface area contributed by atoms with Gasteiger partial charge in [-0.1, -0.05) is 6.07 Å². The Balaban J connectivity index is 0.00000468. The van der Waals surface area contributed by atoms with Crippen LogP contribution >= 0.6 is 23.7 Å². The van der Waals surface area contributed by atoms with Gasteiger partial charge in [-0.3, -0.25) is 24.1 Å². The van der Waals surface area contributed by atoms with Crippen LogP contribution in [0.4, 0.5) is 14.5 Å². The van der Waals surface area contributed by atoms with Gasteiger partial charge in [0.05, 0.1) is 34.5 Å². The number of halogens is 3. The van der Waals surface area contributed by atoms with Gasteiger partial charge in [0.2, 0.25) is 0 Å². The lowest BCUT2D eigenvalue weighted by atomic mass is 10.2. The van der Waals surface area contributed by atoms with Crippen LogP contribution in [-0.2, 0) is 11.3 Å². The first kappa shape index (κ1) is 35.1. The van der Waals surface area contributed by atoms with E-state index in [4.69, 9.17) is 14.2 Å². The second-order valence-corrected chi connectivity index (χ2v) is 11.5. The van der Waals surface area contributed by atoms with Gasteiger partial charge in [-0.05, 0) is 60.2 Å². The van der Waals surface area contributed by atoms with Crippen LogP contribution in [0.5, 0.6) is 17.2 Å². The van der Waals surface area contributed by atoms with Crippen molar-refractivity contribution < 1.29 is 27.8 Å². The fraction of sp³-hybridized carbons (Fsp3) is 0.143. The minimum absolute atomic E-state index is 0. The van der Waals surface area contributed by atoms with Crippen molar-refractivity contribution in [2.75, 3.05) is 32.7 Å². The van der Waals surface area contributed by atoms with E-state index in [1.807, 2.05) is 24.4 Å². The van der Waals surface area contributed by atoms with Crippen molar-refractivity contribution >= 4 is 45.6 Å². The first-order valence-corrected chi connectivity index (χ1v) is 15.5. The molecule has 4 aromatic heterocycles. The van der Waals surface area contributed by atoms with Crippen molar-refractivity contribution in [1.82, 2.24) is 19.9 Å². The topological polar surface area (TPSA) is 117 Å². The summed E-state index contributed by atoms with van der Waals surface area (Å²) in [6, 6.07) is 18.1. The Morgan fingerprint density at radius 3 is 2.47 bits per heavy atom. The van der Waals surface area contributed by atoms with Crippen molar-refractivity contribution in [2.24, 2.45) is 0 Å². The number of benzene rings is 2. The molecule has 10 nitrogen and oxygen atoms in total. The Labute approximate surface area is 289 Å². The van der Waals surface area contributed by atoms with Gasteiger partial charge in [0, 0.05) is 62.3 Å². The highest BCUT2D eigenvalue weighted by molar-refractivity contribution is 7.22. The summed E-state index contributed by atoms with van der Waals surface area (Å²) in [7, 11) is 2.98. The van der Waals surface area contributed by atoms with Gasteiger partial charge in [-0.15, -0.1) is 23.7 Å². The monoisotopic (exact) mass is 705 g/mol. The highest BCUT2D eigenvalue weighted by Crippen LogP contribution is 2.39. The number of hydrogen-bond donors (Lipinski definition) is 2. The van der Waals surface area contributed by atoms with E-state index in [1.54, 1.807) is 19.4 Å². The molecule has 0 aliphatic carbocycles. The molecule has 49 heavy (non-hydrogen) atoms. The zero-order chi connectivity index (χ0) is 33.6. The molecule has 0 unspecified atom stereocenters. The Hall–Kier alpha value is -5.21. The summed E-state index contributed by atoms with van der Waals surface area (Å²) in [5.74, 6) is -1.67. The first-order chi connectivity index (χ1) is 23.3. The van der Waals surface area contributed by atoms with Gasteiger partial charge in [-0.25, -0.2) is 8.78 Å². The van der Waals surface area contributed by atoms with Gasteiger partial charge in [0.25, 0.3) is 11.5 Å². The van der Waals surface area contributed by atoms with E-state index in [9.17, 15) is 14.0 Å².